The molecule has 0 spiro atoms. The van der Waals surface area contributed by atoms with Gasteiger partial charge in [0.15, 0.2) is 21.3 Å². The van der Waals surface area contributed by atoms with Crippen LogP contribution in [0, 0.1) is 5.92 Å². The summed E-state index contributed by atoms with van der Waals surface area (Å²) in [6.07, 6.45) is 0. The maximum absolute atomic E-state index is 12.6. The second-order valence-electron chi connectivity index (χ2n) is 6.47. The topological polar surface area (TPSA) is 90.0 Å². The number of ether oxygens (including phenoxy) is 2. The Hall–Kier alpha value is -1.32. The first-order valence-corrected chi connectivity index (χ1v) is 11.0. The van der Waals surface area contributed by atoms with Gasteiger partial charge in [-0.1, -0.05) is 13.8 Å². The van der Waals surface area contributed by atoms with Crippen LogP contribution in [0.25, 0.3) is 0 Å². The second kappa shape index (κ2) is 6.20. The lowest BCUT2D eigenvalue weighted by molar-refractivity contribution is 0.171. The summed E-state index contributed by atoms with van der Waals surface area (Å²) in [5.74, 6) is 1.02. The van der Waals surface area contributed by atoms with Gasteiger partial charge >= 0.3 is 0 Å². The van der Waals surface area contributed by atoms with Crippen molar-refractivity contribution >= 4 is 19.9 Å². The first kappa shape index (κ1) is 17.5. The molecule has 0 aromatic heterocycles. The molecule has 0 unspecified atom stereocenters. The molecule has 0 bridgehead atoms. The molecule has 0 aliphatic carbocycles. The fraction of sp³-hybridized carbons (Fsp3) is 0.600. The molecule has 2 aliphatic heterocycles. The Kier molecular flexibility index (Phi) is 4.52. The van der Waals surface area contributed by atoms with Crippen molar-refractivity contribution in [3.63, 3.8) is 0 Å². The molecule has 1 aromatic rings. The molecule has 2 aliphatic rings. The highest BCUT2D eigenvalue weighted by molar-refractivity contribution is 7.92. The van der Waals surface area contributed by atoms with Gasteiger partial charge < -0.3 is 9.47 Å². The lowest BCUT2D eigenvalue weighted by Gasteiger charge is -2.37. The Morgan fingerprint density at radius 2 is 1.71 bits per heavy atom. The minimum absolute atomic E-state index is 0.00578. The van der Waals surface area contributed by atoms with E-state index in [2.05, 4.69) is 0 Å². The van der Waals surface area contributed by atoms with Gasteiger partial charge in [0.1, 0.15) is 13.2 Å². The van der Waals surface area contributed by atoms with E-state index in [0.717, 1.165) is 0 Å². The van der Waals surface area contributed by atoms with E-state index in [9.17, 15) is 16.8 Å². The van der Waals surface area contributed by atoms with E-state index in [4.69, 9.17) is 9.47 Å². The van der Waals surface area contributed by atoms with E-state index in [1.807, 2.05) is 13.8 Å². The van der Waals surface area contributed by atoms with E-state index < -0.39 is 25.1 Å². The molecule has 7 nitrogen and oxygen atoms in total. The first-order valence-electron chi connectivity index (χ1n) is 7.81. The summed E-state index contributed by atoms with van der Waals surface area (Å²) >= 11 is 0. The monoisotopic (exact) mass is 375 g/mol. The molecule has 3 rings (SSSR count). The number of hydrogen-bond donors (Lipinski definition) is 0. The zero-order valence-electron chi connectivity index (χ0n) is 13.6. The minimum atomic E-state index is -3.72. The van der Waals surface area contributed by atoms with Crippen LogP contribution in [0.1, 0.15) is 13.8 Å². The van der Waals surface area contributed by atoms with Crippen LogP contribution in [0.4, 0.5) is 0 Å². The molecule has 0 atom stereocenters. The Morgan fingerprint density at radius 3 is 2.33 bits per heavy atom. The van der Waals surface area contributed by atoms with Crippen molar-refractivity contribution < 1.29 is 26.3 Å². The smallest absolute Gasteiger partial charge is 0.243 e. The summed E-state index contributed by atoms with van der Waals surface area (Å²) in [4.78, 5) is 0.0893. The van der Waals surface area contributed by atoms with Gasteiger partial charge in [-0.2, -0.15) is 4.31 Å². The van der Waals surface area contributed by atoms with Gasteiger partial charge in [-0.15, -0.1) is 0 Å². The van der Waals surface area contributed by atoms with Crippen LogP contribution in [-0.2, 0) is 19.9 Å². The largest absolute Gasteiger partial charge is 0.486 e. The molecule has 1 fully saturated rings. The number of sulfonamides is 1. The third-order valence-electron chi connectivity index (χ3n) is 4.04. The van der Waals surface area contributed by atoms with Gasteiger partial charge in [0.05, 0.1) is 15.9 Å². The van der Waals surface area contributed by atoms with Crippen LogP contribution in [0.15, 0.2) is 23.1 Å². The van der Waals surface area contributed by atoms with E-state index in [0.29, 0.717) is 24.7 Å². The number of fused-ring (bicyclic) bond motifs is 1. The number of rotatable bonds is 5. The van der Waals surface area contributed by atoms with Crippen molar-refractivity contribution in [3.8, 4) is 11.5 Å². The molecular weight excluding hydrogens is 354 g/mol. The highest BCUT2D eigenvalue weighted by Crippen LogP contribution is 2.34. The van der Waals surface area contributed by atoms with E-state index >= 15 is 0 Å². The summed E-state index contributed by atoms with van der Waals surface area (Å²) in [5.41, 5.74) is 0. The predicted octanol–water partition coefficient (Wildman–Crippen LogP) is 0.902. The molecular formula is C15H21NO6S2. The van der Waals surface area contributed by atoms with E-state index in [-0.39, 0.29) is 29.7 Å². The number of hydrogen-bond acceptors (Lipinski definition) is 6. The van der Waals surface area contributed by atoms with Gasteiger partial charge in [0.25, 0.3) is 0 Å². The normalized spacial score (nSPS) is 19.3. The molecule has 0 radical (unpaired) electrons. The van der Waals surface area contributed by atoms with Gasteiger partial charge in [-0.3, -0.25) is 0 Å². The van der Waals surface area contributed by atoms with Gasteiger partial charge in [-0.05, 0) is 18.1 Å². The van der Waals surface area contributed by atoms with E-state index in [1.54, 1.807) is 6.07 Å². The molecule has 0 amide bonds. The van der Waals surface area contributed by atoms with E-state index in [1.165, 1.54) is 16.4 Å². The van der Waals surface area contributed by atoms with Gasteiger partial charge in [0, 0.05) is 19.2 Å². The van der Waals surface area contributed by atoms with Crippen LogP contribution < -0.4 is 9.47 Å². The van der Waals surface area contributed by atoms with Crippen LogP contribution >= 0.6 is 0 Å². The minimum Gasteiger partial charge on any atom is -0.486 e. The predicted molar refractivity (Wildman–Crippen MR) is 88.6 cm³/mol. The molecule has 1 saturated heterocycles. The summed E-state index contributed by atoms with van der Waals surface area (Å²) in [6.45, 7) is 4.48. The fourth-order valence-corrected chi connectivity index (χ4v) is 6.51. The lowest BCUT2D eigenvalue weighted by Crippen LogP contribution is -2.57. The molecule has 24 heavy (non-hydrogen) atoms. The molecule has 9 heteroatoms. The first-order chi connectivity index (χ1) is 11.2. The lowest BCUT2D eigenvalue weighted by atomic mass is 10.3. The highest BCUT2D eigenvalue weighted by atomic mass is 32.2. The Morgan fingerprint density at radius 1 is 1.08 bits per heavy atom. The quantitative estimate of drug-likeness (QED) is 0.760. The number of sulfone groups is 1. The molecule has 0 saturated carbocycles. The standard InChI is InChI=1S/C15H21NO6S2/c1-11(2)10-23(17,18)13-8-16(9-13)24(19,20)12-3-4-14-15(7-12)22-6-5-21-14/h3-4,7,11,13H,5-6,8-10H2,1-2H3. The van der Waals surface area contributed by atoms with Gasteiger partial charge in [0.2, 0.25) is 10.0 Å². The second-order valence-corrected chi connectivity index (χ2v) is 10.7. The van der Waals surface area contributed by atoms with Crippen molar-refractivity contribution in [2.75, 3.05) is 32.1 Å². The average molecular weight is 375 g/mol. The Labute approximate surface area is 142 Å². The van der Waals surface area contributed by atoms with Crippen molar-refractivity contribution in [2.24, 2.45) is 5.92 Å². The third kappa shape index (κ3) is 3.25. The highest BCUT2D eigenvalue weighted by Gasteiger charge is 2.43. The third-order valence-corrected chi connectivity index (χ3v) is 8.31. The van der Waals surface area contributed by atoms with Gasteiger partial charge in [-0.25, -0.2) is 16.8 Å². The van der Waals surface area contributed by atoms with Crippen LogP contribution in [0.3, 0.4) is 0 Å². The van der Waals surface area contributed by atoms with Crippen LogP contribution in [-0.4, -0.2) is 58.4 Å². The van der Waals surface area contributed by atoms with Crippen molar-refractivity contribution in [1.29, 1.82) is 0 Å². The van der Waals surface area contributed by atoms with Crippen molar-refractivity contribution in [2.45, 2.75) is 24.0 Å². The molecule has 2 heterocycles. The summed E-state index contributed by atoms with van der Waals surface area (Å²) in [5, 5.41) is -0.619. The molecule has 1 aromatic carbocycles. The van der Waals surface area contributed by atoms with Crippen LogP contribution in [0.5, 0.6) is 11.5 Å². The zero-order valence-corrected chi connectivity index (χ0v) is 15.3. The van der Waals surface area contributed by atoms with Crippen molar-refractivity contribution in [3.05, 3.63) is 18.2 Å². The maximum atomic E-state index is 12.6. The average Bonchev–Trinajstić information content (AvgIpc) is 2.43. The van der Waals surface area contributed by atoms with Crippen molar-refractivity contribution in [1.82, 2.24) is 4.31 Å². The number of benzene rings is 1. The Balaban J connectivity index is 1.74. The van der Waals surface area contributed by atoms with Crippen LogP contribution in [0.2, 0.25) is 0 Å². The summed E-state index contributed by atoms with van der Waals surface area (Å²) in [6, 6.07) is 4.45. The summed E-state index contributed by atoms with van der Waals surface area (Å²) < 4.78 is 61.6. The zero-order chi connectivity index (χ0) is 17.5. The molecule has 0 N–H and O–H groups in total. The number of nitrogens with zero attached hydrogens (tertiary/aromatic N) is 1. The fourth-order valence-electron chi connectivity index (χ4n) is 2.76. The Bertz CT molecular complexity index is 826. The SMILES string of the molecule is CC(C)CS(=O)(=O)C1CN(S(=O)(=O)c2ccc3c(c2)OCCO3)C1. The molecule has 134 valence electrons. The maximum Gasteiger partial charge on any atom is 0.243 e. The summed E-state index contributed by atoms with van der Waals surface area (Å²) in [7, 11) is -6.99.